The quantitative estimate of drug-likeness (QED) is 0.585. The Balaban J connectivity index is 2.80. The van der Waals surface area contributed by atoms with Gasteiger partial charge in [-0.1, -0.05) is 19.1 Å². The molecule has 0 aliphatic rings. The molecule has 0 aromatic heterocycles. The van der Waals surface area contributed by atoms with E-state index in [0.717, 1.165) is 6.42 Å². The summed E-state index contributed by atoms with van der Waals surface area (Å²) in [5.74, 6) is 0. The molecule has 0 bridgehead atoms. The van der Waals surface area contributed by atoms with Gasteiger partial charge in [0, 0.05) is 11.2 Å². The third-order valence-electron chi connectivity index (χ3n) is 1.50. The molecule has 0 fully saturated rings. The van der Waals surface area contributed by atoms with Crippen LogP contribution in [0.1, 0.15) is 12.5 Å². The van der Waals surface area contributed by atoms with E-state index < -0.39 is 0 Å². The SMILES string of the molecule is [CH2]Sc1ccc(CC)cc1. The average molecular weight is 151 g/mol. The van der Waals surface area contributed by atoms with Crippen molar-refractivity contribution in [1.82, 2.24) is 0 Å². The largest absolute Gasteiger partial charge is 0.125 e. The molecule has 1 radical (unpaired) electrons. The monoisotopic (exact) mass is 151 g/mol. The van der Waals surface area contributed by atoms with E-state index in [0.29, 0.717) is 0 Å². The van der Waals surface area contributed by atoms with Crippen LogP contribution in [0.25, 0.3) is 0 Å². The summed E-state index contributed by atoms with van der Waals surface area (Å²) in [4.78, 5) is 1.23. The minimum absolute atomic E-state index is 1.11. The number of hydrogen-bond donors (Lipinski definition) is 0. The van der Waals surface area contributed by atoms with Crippen molar-refractivity contribution in [3.8, 4) is 0 Å². The Kier molecular flexibility index (Phi) is 2.82. The van der Waals surface area contributed by atoms with E-state index in [4.69, 9.17) is 0 Å². The number of hydrogen-bond acceptors (Lipinski definition) is 1. The third-order valence-corrected chi connectivity index (χ3v) is 2.10. The molecular weight excluding hydrogens is 140 g/mol. The average Bonchev–Trinajstić information content (AvgIpc) is 2.05. The van der Waals surface area contributed by atoms with Gasteiger partial charge in [-0.3, -0.25) is 0 Å². The summed E-state index contributed by atoms with van der Waals surface area (Å²) in [5.41, 5.74) is 1.39. The van der Waals surface area contributed by atoms with Crippen LogP contribution >= 0.6 is 11.8 Å². The van der Waals surface area contributed by atoms with Gasteiger partial charge < -0.3 is 0 Å². The summed E-state index contributed by atoms with van der Waals surface area (Å²) in [7, 11) is 0. The number of aryl methyl sites for hydroxylation is 1. The Morgan fingerprint density at radius 1 is 1.30 bits per heavy atom. The van der Waals surface area contributed by atoms with Crippen molar-refractivity contribution < 1.29 is 0 Å². The molecule has 0 nitrogen and oxygen atoms in total. The van der Waals surface area contributed by atoms with E-state index in [9.17, 15) is 0 Å². The molecule has 1 aromatic rings. The highest BCUT2D eigenvalue weighted by Gasteiger charge is 1.88. The first kappa shape index (κ1) is 7.67. The van der Waals surface area contributed by atoms with Crippen molar-refractivity contribution in [3.63, 3.8) is 0 Å². The highest BCUT2D eigenvalue weighted by atomic mass is 32.2. The summed E-state index contributed by atoms with van der Waals surface area (Å²) in [6, 6.07) is 8.51. The molecule has 0 aliphatic heterocycles. The summed E-state index contributed by atoms with van der Waals surface area (Å²) in [6.07, 6.45) is 4.84. The zero-order valence-corrected chi connectivity index (χ0v) is 6.95. The Labute approximate surface area is 66.6 Å². The van der Waals surface area contributed by atoms with Gasteiger partial charge in [0.15, 0.2) is 0 Å². The van der Waals surface area contributed by atoms with Gasteiger partial charge in [-0.25, -0.2) is 0 Å². The van der Waals surface area contributed by atoms with Crippen LogP contribution in [0, 0.1) is 6.26 Å². The first-order valence-corrected chi connectivity index (χ1v) is 4.36. The fraction of sp³-hybridized carbons (Fsp3) is 0.222. The topological polar surface area (TPSA) is 0 Å². The molecule has 0 saturated carbocycles. The summed E-state index contributed by atoms with van der Waals surface area (Å²) >= 11 is 1.54. The lowest BCUT2D eigenvalue weighted by atomic mass is 10.2. The maximum absolute atomic E-state index is 3.73. The molecule has 0 aliphatic carbocycles. The van der Waals surface area contributed by atoms with Crippen molar-refractivity contribution >= 4 is 11.8 Å². The molecule has 0 unspecified atom stereocenters. The van der Waals surface area contributed by atoms with Gasteiger partial charge in [-0.2, -0.15) is 0 Å². The smallest absolute Gasteiger partial charge is 0.00745 e. The van der Waals surface area contributed by atoms with Gasteiger partial charge in [0.05, 0.1) is 0 Å². The molecule has 1 rings (SSSR count). The normalized spacial score (nSPS) is 9.80. The fourth-order valence-electron chi connectivity index (χ4n) is 0.821. The van der Waals surface area contributed by atoms with Crippen LogP contribution in [-0.4, -0.2) is 0 Å². The predicted molar refractivity (Wildman–Crippen MR) is 47.0 cm³/mol. The Hall–Kier alpha value is -0.430. The molecule has 0 amide bonds. The van der Waals surface area contributed by atoms with E-state index in [2.05, 4.69) is 37.4 Å². The van der Waals surface area contributed by atoms with Crippen LogP contribution in [0.3, 0.4) is 0 Å². The number of benzene rings is 1. The summed E-state index contributed by atoms with van der Waals surface area (Å²) in [5, 5.41) is 0. The van der Waals surface area contributed by atoms with Crippen LogP contribution in [-0.2, 0) is 6.42 Å². The molecule has 1 heteroatoms. The van der Waals surface area contributed by atoms with Crippen LogP contribution in [0.4, 0.5) is 0 Å². The Morgan fingerprint density at radius 3 is 2.30 bits per heavy atom. The van der Waals surface area contributed by atoms with E-state index in [-0.39, 0.29) is 0 Å². The molecule has 10 heavy (non-hydrogen) atoms. The Bertz CT molecular complexity index is 165. The van der Waals surface area contributed by atoms with Crippen LogP contribution in [0.2, 0.25) is 0 Å². The molecule has 53 valence electrons. The lowest BCUT2D eigenvalue weighted by molar-refractivity contribution is 1.13. The van der Waals surface area contributed by atoms with E-state index >= 15 is 0 Å². The first-order valence-electron chi connectivity index (χ1n) is 3.37. The highest BCUT2D eigenvalue weighted by Crippen LogP contribution is 2.16. The van der Waals surface area contributed by atoms with Crippen LogP contribution < -0.4 is 0 Å². The van der Waals surface area contributed by atoms with Gasteiger partial charge in [-0.15, -0.1) is 11.8 Å². The molecule has 0 spiro atoms. The summed E-state index contributed by atoms with van der Waals surface area (Å²) < 4.78 is 0. The number of thioether (sulfide) groups is 1. The maximum Gasteiger partial charge on any atom is 0.00745 e. The second-order valence-corrected chi connectivity index (χ2v) is 2.90. The zero-order chi connectivity index (χ0) is 7.40. The third kappa shape index (κ3) is 1.77. The Morgan fingerprint density at radius 2 is 1.90 bits per heavy atom. The second-order valence-electron chi connectivity index (χ2n) is 2.14. The second kappa shape index (κ2) is 3.67. The minimum atomic E-state index is 1.11. The highest BCUT2D eigenvalue weighted by molar-refractivity contribution is 8.00. The lowest BCUT2D eigenvalue weighted by Gasteiger charge is -1.96. The van der Waals surface area contributed by atoms with Gasteiger partial charge in [0.25, 0.3) is 0 Å². The predicted octanol–water partition coefficient (Wildman–Crippen LogP) is 3.13. The molecule has 1 aromatic carbocycles. The van der Waals surface area contributed by atoms with E-state index in [1.165, 1.54) is 22.2 Å². The van der Waals surface area contributed by atoms with E-state index in [1.54, 1.807) is 0 Å². The van der Waals surface area contributed by atoms with Gasteiger partial charge in [0.2, 0.25) is 0 Å². The molecule has 0 heterocycles. The number of rotatable bonds is 2. The lowest BCUT2D eigenvalue weighted by Crippen LogP contribution is -1.77. The maximum atomic E-state index is 3.73. The van der Waals surface area contributed by atoms with Gasteiger partial charge >= 0.3 is 0 Å². The van der Waals surface area contributed by atoms with Crippen molar-refractivity contribution in [2.75, 3.05) is 0 Å². The zero-order valence-electron chi connectivity index (χ0n) is 6.13. The van der Waals surface area contributed by atoms with Crippen molar-refractivity contribution in [1.29, 1.82) is 0 Å². The van der Waals surface area contributed by atoms with Crippen LogP contribution in [0.5, 0.6) is 0 Å². The minimum Gasteiger partial charge on any atom is -0.125 e. The first-order chi connectivity index (χ1) is 4.86. The summed E-state index contributed by atoms with van der Waals surface area (Å²) in [6.45, 7) is 2.16. The molecule has 0 saturated heterocycles. The molecular formula is C9H11S. The van der Waals surface area contributed by atoms with Crippen molar-refractivity contribution in [3.05, 3.63) is 36.1 Å². The van der Waals surface area contributed by atoms with E-state index in [1.807, 2.05) is 0 Å². The van der Waals surface area contributed by atoms with Crippen molar-refractivity contribution in [2.24, 2.45) is 0 Å². The van der Waals surface area contributed by atoms with Gasteiger partial charge in [-0.05, 0) is 24.1 Å². The molecule has 0 atom stereocenters. The molecule has 0 N–H and O–H groups in total. The fourth-order valence-corrected chi connectivity index (χ4v) is 1.15. The van der Waals surface area contributed by atoms with Crippen LogP contribution in [0.15, 0.2) is 29.2 Å². The van der Waals surface area contributed by atoms with Gasteiger partial charge in [0.1, 0.15) is 0 Å². The van der Waals surface area contributed by atoms with Crippen molar-refractivity contribution in [2.45, 2.75) is 18.2 Å². The standard InChI is InChI=1S/C9H11S/c1-3-8-4-6-9(10-2)7-5-8/h4-7H,2-3H2,1H3.